The Labute approximate surface area is 128 Å². The highest BCUT2D eigenvalue weighted by atomic mass is 35.5. The first kappa shape index (κ1) is 17.7. The summed E-state index contributed by atoms with van der Waals surface area (Å²) in [6.07, 6.45) is 9.96. The summed E-state index contributed by atoms with van der Waals surface area (Å²) < 4.78 is 5.81. The van der Waals surface area contributed by atoms with Gasteiger partial charge in [-0.1, -0.05) is 25.7 Å². The van der Waals surface area contributed by atoms with Crippen molar-refractivity contribution >= 4 is 18.3 Å². The van der Waals surface area contributed by atoms with E-state index >= 15 is 0 Å². The third kappa shape index (κ3) is 5.23. The van der Waals surface area contributed by atoms with Gasteiger partial charge >= 0.3 is 0 Å². The molecule has 2 aliphatic carbocycles. The summed E-state index contributed by atoms with van der Waals surface area (Å²) in [5.74, 6) is 0.708. The Bertz CT molecular complexity index is 283. The summed E-state index contributed by atoms with van der Waals surface area (Å²) in [6, 6.07) is 0. The molecule has 0 unspecified atom stereocenters. The number of ether oxygens (including phenoxy) is 1. The fraction of sp³-hybridized carbons (Fsp3) is 0.933. The summed E-state index contributed by atoms with van der Waals surface area (Å²) in [6.45, 7) is 1.93. The highest BCUT2D eigenvalue weighted by Crippen LogP contribution is 2.30. The molecule has 0 heterocycles. The van der Waals surface area contributed by atoms with E-state index in [4.69, 9.17) is 10.5 Å². The third-order valence-electron chi connectivity index (χ3n) is 4.61. The zero-order valence-electron chi connectivity index (χ0n) is 12.3. The van der Waals surface area contributed by atoms with Crippen LogP contribution in [0.25, 0.3) is 0 Å². The molecular formula is C15H29ClN2O2. The second kappa shape index (κ2) is 9.59. The van der Waals surface area contributed by atoms with E-state index in [0.29, 0.717) is 31.7 Å². The molecule has 2 saturated carbocycles. The molecule has 0 aromatic heterocycles. The van der Waals surface area contributed by atoms with Gasteiger partial charge in [0.15, 0.2) is 0 Å². The van der Waals surface area contributed by atoms with Crippen molar-refractivity contribution in [3.05, 3.63) is 0 Å². The summed E-state index contributed by atoms with van der Waals surface area (Å²) in [4.78, 5) is 12.0. The molecule has 2 fully saturated rings. The van der Waals surface area contributed by atoms with Crippen molar-refractivity contribution in [2.75, 3.05) is 19.7 Å². The third-order valence-corrected chi connectivity index (χ3v) is 4.61. The Balaban J connectivity index is 0.00000200. The van der Waals surface area contributed by atoms with E-state index in [2.05, 4.69) is 5.32 Å². The first-order valence-electron chi connectivity index (χ1n) is 7.90. The molecule has 2 atom stereocenters. The lowest BCUT2D eigenvalue weighted by atomic mass is 9.95. The van der Waals surface area contributed by atoms with E-state index in [9.17, 15) is 4.79 Å². The van der Waals surface area contributed by atoms with E-state index in [-0.39, 0.29) is 24.2 Å². The van der Waals surface area contributed by atoms with Gasteiger partial charge in [0.25, 0.3) is 0 Å². The topological polar surface area (TPSA) is 64.4 Å². The molecule has 0 aliphatic heterocycles. The van der Waals surface area contributed by atoms with Crippen molar-refractivity contribution in [2.24, 2.45) is 17.6 Å². The molecule has 4 nitrogen and oxygen atoms in total. The van der Waals surface area contributed by atoms with E-state index < -0.39 is 0 Å². The number of amides is 1. The molecule has 0 aromatic rings. The number of carbonyl (C=O) groups excluding carboxylic acids is 1. The van der Waals surface area contributed by atoms with Crippen LogP contribution >= 0.6 is 12.4 Å². The zero-order valence-corrected chi connectivity index (χ0v) is 13.1. The lowest BCUT2D eigenvalue weighted by Gasteiger charge is -2.22. The molecule has 3 N–H and O–H groups in total. The number of hydrogen-bond donors (Lipinski definition) is 2. The Morgan fingerprint density at radius 2 is 1.85 bits per heavy atom. The van der Waals surface area contributed by atoms with Gasteiger partial charge in [-0.05, 0) is 38.1 Å². The lowest BCUT2D eigenvalue weighted by molar-refractivity contribution is -0.126. The number of hydrogen-bond acceptors (Lipinski definition) is 3. The van der Waals surface area contributed by atoms with Crippen molar-refractivity contribution < 1.29 is 9.53 Å². The number of carbonyl (C=O) groups is 1. The molecule has 0 aromatic carbocycles. The second-order valence-corrected chi connectivity index (χ2v) is 5.96. The minimum atomic E-state index is 0. The predicted octanol–water partition coefficient (Wildman–Crippen LogP) is 2.25. The zero-order chi connectivity index (χ0) is 13.5. The van der Waals surface area contributed by atoms with Gasteiger partial charge in [0.2, 0.25) is 5.91 Å². The van der Waals surface area contributed by atoms with Gasteiger partial charge in [-0.25, -0.2) is 0 Å². The quantitative estimate of drug-likeness (QED) is 0.740. The summed E-state index contributed by atoms with van der Waals surface area (Å²) in [7, 11) is 0. The number of nitrogens with two attached hydrogens (primary N) is 1. The van der Waals surface area contributed by atoms with Gasteiger partial charge in [-0.3, -0.25) is 4.79 Å². The van der Waals surface area contributed by atoms with Crippen LogP contribution in [0.15, 0.2) is 0 Å². The fourth-order valence-corrected chi connectivity index (χ4v) is 3.43. The van der Waals surface area contributed by atoms with Crippen LogP contribution in [0.3, 0.4) is 0 Å². The van der Waals surface area contributed by atoms with Crippen molar-refractivity contribution in [2.45, 2.75) is 57.5 Å². The van der Waals surface area contributed by atoms with Gasteiger partial charge in [0, 0.05) is 12.5 Å². The highest BCUT2D eigenvalue weighted by Gasteiger charge is 2.31. The maximum absolute atomic E-state index is 12.0. The minimum Gasteiger partial charge on any atom is -0.376 e. The van der Waals surface area contributed by atoms with Gasteiger partial charge in [0.05, 0.1) is 12.7 Å². The maximum Gasteiger partial charge on any atom is 0.223 e. The Hall–Kier alpha value is -0.320. The molecular weight excluding hydrogens is 276 g/mol. The second-order valence-electron chi connectivity index (χ2n) is 5.96. The van der Waals surface area contributed by atoms with Crippen molar-refractivity contribution in [3.63, 3.8) is 0 Å². The monoisotopic (exact) mass is 304 g/mol. The van der Waals surface area contributed by atoms with Crippen LogP contribution in [0.2, 0.25) is 0 Å². The van der Waals surface area contributed by atoms with Crippen molar-refractivity contribution in [1.29, 1.82) is 0 Å². The molecule has 118 valence electrons. The first-order chi connectivity index (χ1) is 9.31. The van der Waals surface area contributed by atoms with Crippen LogP contribution in [-0.4, -0.2) is 31.7 Å². The SMILES string of the molecule is Cl.NC[C@H]1CCC[C@H]1C(=O)NCCOC1CCCCC1. The van der Waals surface area contributed by atoms with E-state index in [1.807, 2.05) is 0 Å². The van der Waals surface area contributed by atoms with Crippen LogP contribution in [0, 0.1) is 11.8 Å². The minimum absolute atomic E-state index is 0. The van der Waals surface area contributed by atoms with E-state index in [1.54, 1.807) is 0 Å². The standard InChI is InChI=1S/C15H28N2O2.ClH/c16-11-12-5-4-8-14(12)15(18)17-9-10-19-13-6-2-1-3-7-13;/h12-14H,1-11,16H2,(H,17,18);1H/t12-,14-;/m1./s1. The first-order valence-corrected chi connectivity index (χ1v) is 7.90. The predicted molar refractivity (Wildman–Crippen MR) is 83.0 cm³/mol. The molecule has 0 bridgehead atoms. The highest BCUT2D eigenvalue weighted by molar-refractivity contribution is 5.85. The van der Waals surface area contributed by atoms with Crippen LogP contribution in [0.4, 0.5) is 0 Å². The summed E-state index contributed by atoms with van der Waals surface area (Å²) >= 11 is 0. The van der Waals surface area contributed by atoms with Crippen LogP contribution in [-0.2, 0) is 9.53 Å². The Morgan fingerprint density at radius 1 is 1.10 bits per heavy atom. The van der Waals surface area contributed by atoms with Gasteiger partial charge in [0.1, 0.15) is 0 Å². The normalized spacial score (nSPS) is 27.1. The molecule has 0 spiro atoms. The Morgan fingerprint density at radius 3 is 2.55 bits per heavy atom. The number of rotatable bonds is 6. The van der Waals surface area contributed by atoms with Gasteiger partial charge in [-0.2, -0.15) is 0 Å². The molecule has 2 rings (SSSR count). The smallest absolute Gasteiger partial charge is 0.223 e. The van der Waals surface area contributed by atoms with Gasteiger partial charge in [-0.15, -0.1) is 12.4 Å². The molecule has 0 saturated heterocycles. The molecule has 5 heteroatoms. The molecule has 20 heavy (non-hydrogen) atoms. The molecule has 1 amide bonds. The van der Waals surface area contributed by atoms with E-state index in [1.165, 1.54) is 32.1 Å². The average Bonchev–Trinajstić information content (AvgIpc) is 2.93. The van der Waals surface area contributed by atoms with Crippen LogP contribution < -0.4 is 11.1 Å². The molecule has 0 radical (unpaired) electrons. The summed E-state index contributed by atoms with van der Waals surface area (Å²) in [5.41, 5.74) is 5.71. The number of halogens is 1. The van der Waals surface area contributed by atoms with Crippen molar-refractivity contribution in [3.8, 4) is 0 Å². The number of nitrogens with one attached hydrogen (secondary N) is 1. The van der Waals surface area contributed by atoms with E-state index in [0.717, 1.165) is 19.3 Å². The largest absolute Gasteiger partial charge is 0.376 e. The summed E-state index contributed by atoms with van der Waals surface area (Å²) in [5, 5.41) is 3.01. The van der Waals surface area contributed by atoms with Crippen LogP contribution in [0.1, 0.15) is 51.4 Å². The fourth-order valence-electron chi connectivity index (χ4n) is 3.43. The average molecular weight is 305 g/mol. The van der Waals surface area contributed by atoms with Crippen molar-refractivity contribution in [1.82, 2.24) is 5.32 Å². The van der Waals surface area contributed by atoms with Gasteiger partial charge < -0.3 is 15.8 Å². The Kier molecular flexibility index (Phi) is 8.50. The molecule has 2 aliphatic rings. The lowest BCUT2D eigenvalue weighted by Crippen LogP contribution is -2.37. The maximum atomic E-state index is 12.0. The van der Waals surface area contributed by atoms with Crippen LogP contribution in [0.5, 0.6) is 0 Å².